The second kappa shape index (κ2) is 7.35. The van der Waals surface area contributed by atoms with Crippen LogP contribution in [0.25, 0.3) is 0 Å². The minimum absolute atomic E-state index is 0.00260. The van der Waals surface area contributed by atoms with Gasteiger partial charge in [0.2, 0.25) is 5.89 Å². The predicted molar refractivity (Wildman–Crippen MR) is 98.7 cm³/mol. The van der Waals surface area contributed by atoms with E-state index in [-0.39, 0.29) is 11.3 Å². The third-order valence-electron chi connectivity index (χ3n) is 4.32. The summed E-state index contributed by atoms with van der Waals surface area (Å²) in [6.07, 6.45) is 0. The zero-order valence-corrected chi connectivity index (χ0v) is 15.9. The Morgan fingerprint density at radius 3 is 2.50 bits per heavy atom. The van der Waals surface area contributed by atoms with E-state index in [1.54, 1.807) is 0 Å². The van der Waals surface area contributed by atoms with Gasteiger partial charge in [0, 0.05) is 31.6 Å². The molecule has 0 spiro atoms. The molecule has 1 aliphatic heterocycles. The summed E-state index contributed by atoms with van der Waals surface area (Å²) >= 11 is 0. The molecule has 1 amide bonds. The highest BCUT2D eigenvalue weighted by molar-refractivity contribution is 5.97. The largest absolute Gasteiger partial charge is 0.493 e. The first kappa shape index (κ1) is 18.2. The summed E-state index contributed by atoms with van der Waals surface area (Å²) in [6.45, 7) is 11.1. The molecular weight excluding hydrogens is 332 g/mol. The molecule has 2 aromatic rings. The van der Waals surface area contributed by atoms with E-state index >= 15 is 0 Å². The maximum Gasteiger partial charge on any atom is 0.266 e. The number of piperazine rings is 1. The van der Waals surface area contributed by atoms with E-state index in [4.69, 9.17) is 9.26 Å². The Hall–Kier alpha value is -2.57. The highest BCUT2D eigenvalue weighted by Gasteiger charge is 2.28. The first-order chi connectivity index (χ1) is 12.4. The molecule has 26 heavy (non-hydrogen) atoms. The van der Waals surface area contributed by atoms with Gasteiger partial charge in [-0.1, -0.05) is 32.9 Å². The number of benzene rings is 1. The number of aromatic nitrogens is 2. The van der Waals surface area contributed by atoms with Gasteiger partial charge in [-0.15, -0.1) is 0 Å². The number of carbonyl (C=O) groups excluding carboxylic acids is 1. The lowest BCUT2D eigenvalue weighted by atomic mass is 9.97. The molecule has 1 aromatic carbocycles. The van der Waals surface area contributed by atoms with E-state index in [1.165, 1.54) is 0 Å². The Morgan fingerprint density at radius 2 is 1.88 bits per heavy atom. The quantitative estimate of drug-likeness (QED) is 0.837. The highest BCUT2D eigenvalue weighted by Crippen LogP contribution is 2.24. The fourth-order valence-electron chi connectivity index (χ4n) is 2.85. The van der Waals surface area contributed by atoms with E-state index in [2.05, 4.69) is 15.0 Å². The molecule has 2 heterocycles. The van der Waals surface area contributed by atoms with Gasteiger partial charge in [0.1, 0.15) is 5.75 Å². The van der Waals surface area contributed by atoms with Crippen molar-refractivity contribution in [2.45, 2.75) is 33.1 Å². The summed E-state index contributed by atoms with van der Waals surface area (Å²) < 4.78 is 11.0. The third-order valence-corrected chi connectivity index (χ3v) is 4.32. The molecule has 0 N–H and O–H groups in total. The number of amides is 1. The molecule has 7 nitrogen and oxygen atoms in total. The molecule has 1 fully saturated rings. The van der Waals surface area contributed by atoms with Gasteiger partial charge in [0.25, 0.3) is 11.9 Å². The normalized spacial score (nSPS) is 15.2. The second-order valence-electron chi connectivity index (χ2n) is 7.36. The molecule has 1 aliphatic rings. The SMILES string of the molecule is CCOc1ccccc1C(=O)N1CCN(c2noc(C(C)(C)C)n2)CC1. The molecule has 0 unspecified atom stereocenters. The van der Waals surface area contributed by atoms with E-state index in [1.807, 2.05) is 56.9 Å². The van der Waals surface area contributed by atoms with Crippen LogP contribution < -0.4 is 9.64 Å². The topological polar surface area (TPSA) is 71.7 Å². The minimum atomic E-state index is -0.175. The molecule has 140 valence electrons. The van der Waals surface area contributed by atoms with Crippen LogP contribution in [-0.2, 0) is 5.41 Å². The molecular formula is C19H26N4O3. The van der Waals surface area contributed by atoms with Crippen molar-refractivity contribution < 1.29 is 14.1 Å². The van der Waals surface area contributed by atoms with Crippen LogP contribution in [0.4, 0.5) is 5.95 Å². The summed E-state index contributed by atoms with van der Waals surface area (Å²) in [4.78, 5) is 21.2. The van der Waals surface area contributed by atoms with Crippen molar-refractivity contribution in [2.75, 3.05) is 37.7 Å². The van der Waals surface area contributed by atoms with Crippen molar-refractivity contribution in [1.82, 2.24) is 15.0 Å². The maximum absolute atomic E-state index is 12.9. The lowest BCUT2D eigenvalue weighted by molar-refractivity contribution is 0.0742. The third kappa shape index (κ3) is 3.81. The average molecular weight is 358 g/mol. The first-order valence-electron chi connectivity index (χ1n) is 9.00. The molecule has 3 rings (SSSR count). The Balaban J connectivity index is 1.65. The standard InChI is InChI=1S/C19H26N4O3/c1-5-25-15-9-7-6-8-14(15)16(24)22-10-12-23(13-11-22)18-20-17(26-21-18)19(2,3)4/h6-9H,5,10-13H2,1-4H3. The monoisotopic (exact) mass is 358 g/mol. The van der Waals surface area contributed by atoms with E-state index in [9.17, 15) is 4.79 Å². The molecule has 0 saturated carbocycles. The zero-order chi connectivity index (χ0) is 18.7. The van der Waals surface area contributed by atoms with Gasteiger partial charge >= 0.3 is 0 Å². The lowest BCUT2D eigenvalue weighted by Crippen LogP contribution is -2.49. The van der Waals surface area contributed by atoms with Gasteiger partial charge in [-0.05, 0) is 24.2 Å². The Bertz CT molecular complexity index is 758. The maximum atomic E-state index is 12.9. The number of para-hydroxylation sites is 1. The van der Waals surface area contributed by atoms with Crippen molar-refractivity contribution in [3.05, 3.63) is 35.7 Å². The highest BCUT2D eigenvalue weighted by atomic mass is 16.5. The zero-order valence-electron chi connectivity index (χ0n) is 15.9. The van der Waals surface area contributed by atoms with Crippen LogP contribution in [0, 0.1) is 0 Å². The van der Waals surface area contributed by atoms with Crippen molar-refractivity contribution >= 4 is 11.9 Å². The van der Waals surface area contributed by atoms with Crippen molar-refractivity contribution in [2.24, 2.45) is 0 Å². The summed E-state index contributed by atoms with van der Waals surface area (Å²) in [7, 11) is 0. The van der Waals surface area contributed by atoms with Gasteiger partial charge < -0.3 is 19.1 Å². The summed E-state index contributed by atoms with van der Waals surface area (Å²) in [5, 5.41) is 4.09. The van der Waals surface area contributed by atoms with Crippen molar-refractivity contribution in [1.29, 1.82) is 0 Å². The number of hydrogen-bond donors (Lipinski definition) is 0. The van der Waals surface area contributed by atoms with E-state index in [0.29, 0.717) is 55.9 Å². The Labute approximate surface area is 153 Å². The van der Waals surface area contributed by atoms with E-state index in [0.717, 1.165) is 0 Å². The molecule has 0 aliphatic carbocycles. The van der Waals surface area contributed by atoms with Gasteiger partial charge in [-0.3, -0.25) is 4.79 Å². The summed E-state index contributed by atoms with van der Waals surface area (Å²) in [5.41, 5.74) is 0.434. The van der Waals surface area contributed by atoms with E-state index < -0.39 is 0 Å². The number of nitrogens with zero attached hydrogens (tertiary/aromatic N) is 4. The number of carbonyl (C=O) groups is 1. The fourth-order valence-corrected chi connectivity index (χ4v) is 2.85. The summed E-state index contributed by atoms with van der Waals surface area (Å²) in [5.74, 6) is 1.85. The van der Waals surface area contributed by atoms with Gasteiger partial charge in [0.15, 0.2) is 0 Å². The average Bonchev–Trinajstić information content (AvgIpc) is 3.13. The van der Waals surface area contributed by atoms with Crippen molar-refractivity contribution in [3.63, 3.8) is 0 Å². The first-order valence-corrected chi connectivity index (χ1v) is 9.00. The van der Waals surface area contributed by atoms with Gasteiger partial charge in [0.05, 0.1) is 12.2 Å². The van der Waals surface area contributed by atoms with Gasteiger partial charge in [-0.2, -0.15) is 4.98 Å². The fraction of sp³-hybridized carbons (Fsp3) is 0.526. The Morgan fingerprint density at radius 1 is 1.19 bits per heavy atom. The number of anilines is 1. The molecule has 0 bridgehead atoms. The number of ether oxygens (including phenoxy) is 1. The second-order valence-corrected chi connectivity index (χ2v) is 7.36. The predicted octanol–water partition coefficient (Wildman–Crippen LogP) is 2.73. The molecule has 0 atom stereocenters. The van der Waals surface area contributed by atoms with Crippen LogP contribution in [-0.4, -0.2) is 53.7 Å². The van der Waals surface area contributed by atoms with Crippen LogP contribution in [0.15, 0.2) is 28.8 Å². The Kier molecular flexibility index (Phi) is 5.15. The summed E-state index contributed by atoms with van der Waals surface area (Å²) in [6, 6.07) is 7.39. The minimum Gasteiger partial charge on any atom is -0.493 e. The van der Waals surface area contributed by atoms with Crippen LogP contribution >= 0.6 is 0 Å². The van der Waals surface area contributed by atoms with Crippen LogP contribution in [0.5, 0.6) is 5.75 Å². The van der Waals surface area contributed by atoms with Crippen molar-refractivity contribution in [3.8, 4) is 5.75 Å². The van der Waals surface area contributed by atoms with Crippen LogP contribution in [0.1, 0.15) is 43.9 Å². The number of rotatable bonds is 4. The lowest BCUT2D eigenvalue weighted by Gasteiger charge is -2.34. The smallest absolute Gasteiger partial charge is 0.266 e. The molecule has 0 radical (unpaired) electrons. The molecule has 1 saturated heterocycles. The number of hydrogen-bond acceptors (Lipinski definition) is 6. The van der Waals surface area contributed by atoms with Crippen LogP contribution in [0.3, 0.4) is 0 Å². The molecule has 1 aromatic heterocycles. The van der Waals surface area contributed by atoms with Crippen LogP contribution in [0.2, 0.25) is 0 Å². The molecule has 7 heteroatoms. The van der Waals surface area contributed by atoms with Gasteiger partial charge in [-0.25, -0.2) is 0 Å².